The van der Waals surface area contributed by atoms with Crippen molar-refractivity contribution in [3.05, 3.63) is 38.9 Å². The summed E-state index contributed by atoms with van der Waals surface area (Å²) in [7, 11) is 1.45. The summed E-state index contributed by atoms with van der Waals surface area (Å²) < 4.78 is 0. The van der Waals surface area contributed by atoms with Crippen LogP contribution in [0.2, 0.25) is 5.02 Å². The fourth-order valence-corrected chi connectivity index (χ4v) is 5.45. The van der Waals surface area contributed by atoms with Crippen LogP contribution in [0.5, 0.6) is 0 Å². The van der Waals surface area contributed by atoms with Gasteiger partial charge in [-0.05, 0) is 31.4 Å². The molecule has 1 aliphatic carbocycles. The van der Waals surface area contributed by atoms with Crippen molar-refractivity contribution in [1.29, 1.82) is 0 Å². The number of rotatable bonds is 3. The molecule has 1 aliphatic heterocycles. The lowest BCUT2D eigenvalue weighted by Gasteiger charge is -2.55. The number of halogens is 1. The molecule has 0 spiro atoms. The average Bonchev–Trinajstić information content (AvgIpc) is 2.68. The van der Waals surface area contributed by atoms with Crippen LogP contribution in [-0.4, -0.2) is 40.5 Å². The zero-order valence-corrected chi connectivity index (χ0v) is 18.3. The molecule has 2 bridgehead atoms. The minimum Gasteiger partial charge on any atom is -0.285 e. The second kappa shape index (κ2) is 7.30. The summed E-state index contributed by atoms with van der Waals surface area (Å²) in [5.41, 5.74) is 1.23. The monoisotopic (exact) mass is 450 g/mol. The van der Waals surface area contributed by atoms with E-state index in [-0.39, 0.29) is 35.2 Å². The first-order chi connectivity index (χ1) is 14.2. The van der Waals surface area contributed by atoms with Crippen LogP contribution >= 0.6 is 11.6 Å². The quantitative estimate of drug-likeness (QED) is 0.411. The Morgan fingerprint density at radius 3 is 2.13 bits per heavy atom. The number of nitro benzene ring substituents is 1. The van der Waals surface area contributed by atoms with E-state index in [4.69, 9.17) is 11.6 Å². The molecule has 11 heteroatoms. The molecular formula is C20H23ClN4O6. The maximum absolute atomic E-state index is 13.0. The van der Waals surface area contributed by atoms with Crippen LogP contribution in [0, 0.1) is 26.4 Å². The van der Waals surface area contributed by atoms with Crippen molar-refractivity contribution >= 4 is 40.9 Å². The molecule has 3 rings (SSSR count). The zero-order chi connectivity index (χ0) is 23.4. The van der Waals surface area contributed by atoms with Gasteiger partial charge >= 0.3 is 0 Å². The molecule has 10 nitrogen and oxygen atoms in total. The van der Waals surface area contributed by atoms with E-state index in [0.717, 1.165) is 11.0 Å². The predicted octanol–water partition coefficient (Wildman–Crippen LogP) is 2.21. The van der Waals surface area contributed by atoms with Gasteiger partial charge in [0.25, 0.3) is 11.6 Å². The first-order valence-electron chi connectivity index (χ1n) is 9.60. The van der Waals surface area contributed by atoms with E-state index in [2.05, 4.69) is 10.9 Å². The summed E-state index contributed by atoms with van der Waals surface area (Å²) in [6.45, 7) is 5.14. The molecular weight excluding hydrogens is 428 g/mol. The highest BCUT2D eigenvalue weighted by atomic mass is 35.5. The normalized spacial score (nSPS) is 30.0. The van der Waals surface area contributed by atoms with E-state index < -0.39 is 38.7 Å². The third kappa shape index (κ3) is 3.76. The van der Waals surface area contributed by atoms with E-state index in [1.165, 1.54) is 19.2 Å². The van der Waals surface area contributed by atoms with Gasteiger partial charge in [-0.25, -0.2) is 0 Å². The average molecular weight is 451 g/mol. The maximum atomic E-state index is 13.0. The van der Waals surface area contributed by atoms with E-state index >= 15 is 0 Å². The highest BCUT2D eigenvalue weighted by Gasteiger charge is 2.62. The van der Waals surface area contributed by atoms with E-state index in [1.54, 1.807) is 20.8 Å². The number of carbonyl (C=O) groups excluding carboxylic acids is 4. The van der Waals surface area contributed by atoms with E-state index in [1.807, 2.05) is 0 Å². The minimum atomic E-state index is -1.09. The number of hydrogen-bond donors (Lipinski definition) is 2. The second-order valence-electron chi connectivity index (χ2n) is 9.21. The number of hydrazine groups is 1. The molecule has 166 valence electrons. The molecule has 1 saturated heterocycles. The van der Waals surface area contributed by atoms with Crippen molar-refractivity contribution in [1.82, 2.24) is 15.8 Å². The first kappa shape index (κ1) is 22.7. The second-order valence-corrected chi connectivity index (χ2v) is 9.62. The topological polar surface area (TPSA) is 139 Å². The molecule has 1 aromatic carbocycles. The number of amides is 4. The summed E-state index contributed by atoms with van der Waals surface area (Å²) in [5.74, 6) is -1.97. The van der Waals surface area contributed by atoms with Crippen molar-refractivity contribution in [3.63, 3.8) is 0 Å². The fourth-order valence-electron chi connectivity index (χ4n) is 5.27. The SMILES string of the molecule is CN1C(=O)C2(C)CC(C)(C(=O)NNC(=O)c3ccc(Cl)c([N+](=O)[O-])c3)CC(C)(C2)C1=O. The molecule has 0 aromatic heterocycles. The van der Waals surface area contributed by atoms with Gasteiger partial charge in [-0.15, -0.1) is 0 Å². The largest absolute Gasteiger partial charge is 0.288 e. The Hall–Kier alpha value is -3.01. The number of nitro groups is 1. The van der Waals surface area contributed by atoms with Crippen molar-refractivity contribution < 1.29 is 24.1 Å². The van der Waals surface area contributed by atoms with E-state index in [9.17, 15) is 29.3 Å². The van der Waals surface area contributed by atoms with Crippen LogP contribution in [0.25, 0.3) is 0 Å². The van der Waals surface area contributed by atoms with Gasteiger partial charge < -0.3 is 0 Å². The number of fused-ring (bicyclic) bond motifs is 2. The van der Waals surface area contributed by atoms with Gasteiger partial charge in [-0.2, -0.15) is 0 Å². The number of nitrogens with one attached hydrogen (secondary N) is 2. The molecule has 2 aliphatic rings. The van der Waals surface area contributed by atoms with Crippen LogP contribution in [0.3, 0.4) is 0 Å². The Kier molecular flexibility index (Phi) is 5.34. The van der Waals surface area contributed by atoms with Gasteiger partial charge in [0.2, 0.25) is 17.7 Å². The summed E-state index contributed by atoms with van der Waals surface area (Å²) >= 11 is 5.75. The molecule has 1 aromatic rings. The van der Waals surface area contributed by atoms with Crippen molar-refractivity contribution in [2.24, 2.45) is 16.2 Å². The number of likely N-dealkylation sites (tertiary alicyclic amines) is 1. The Labute approximate surface area is 183 Å². The van der Waals surface area contributed by atoms with Crippen LogP contribution in [0.15, 0.2) is 18.2 Å². The highest BCUT2D eigenvalue weighted by molar-refractivity contribution is 6.32. The Bertz CT molecular complexity index is 997. The third-order valence-electron chi connectivity index (χ3n) is 6.23. The van der Waals surface area contributed by atoms with Crippen LogP contribution in [-0.2, 0) is 14.4 Å². The first-order valence-corrected chi connectivity index (χ1v) is 9.98. The molecule has 1 saturated carbocycles. The molecule has 2 unspecified atom stereocenters. The lowest BCUT2D eigenvalue weighted by molar-refractivity contribution is -0.384. The maximum Gasteiger partial charge on any atom is 0.288 e. The fraction of sp³-hybridized carbons (Fsp3) is 0.500. The van der Waals surface area contributed by atoms with Crippen LogP contribution in [0.4, 0.5) is 5.69 Å². The van der Waals surface area contributed by atoms with Crippen molar-refractivity contribution in [3.8, 4) is 0 Å². The van der Waals surface area contributed by atoms with Crippen LogP contribution < -0.4 is 10.9 Å². The zero-order valence-electron chi connectivity index (χ0n) is 17.6. The standard InChI is InChI=1S/C20H23ClN4O6/c1-18(8-19(2)10-20(3,9-18)17(29)24(4)16(19)28)15(27)23-22-14(26)11-5-6-12(21)13(7-11)25(30)31/h5-7H,8-10H2,1-4H3,(H,22,26)(H,23,27). The summed E-state index contributed by atoms with van der Waals surface area (Å²) in [6.07, 6.45) is 0.770. The van der Waals surface area contributed by atoms with Crippen molar-refractivity contribution in [2.75, 3.05) is 7.05 Å². The van der Waals surface area contributed by atoms with Crippen molar-refractivity contribution in [2.45, 2.75) is 40.0 Å². The van der Waals surface area contributed by atoms with Gasteiger partial charge in [-0.3, -0.25) is 45.0 Å². The smallest absolute Gasteiger partial charge is 0.285 e. The number of carbonyl (C=O) groups is 4. The van der Waals surface area contributed by atoms with Crippen LogP contribution in [0.1, 0.15) is 50.4 Å². The Morgan fingerprint density at radius 2 is 1.61 bits per heavy atom. The predicted molar refractivity (Wildman–Crippen MR) is 110 cm³/mol. The number of imide groups is 1. The minimum absolute atomic E-state index is 0.0621. The molecule has 4 amide bonds. The highest BCUT2D eigenvalue weighted by Crippen LogP contribution is 2.58. The molecule has 1 heterocycles. The molecule has 2 atom stereocenters. The summed E-state index contributed by atoms with van der Waals surface area (Å²) in [4.78, 5) is 62.3. The van der Waals surface area contributed by atoms with Gasteiger partial charge in [0.05, 0.1) is 10.3 Å². The lowest BCUT2D eigenvalue weighted by Crippen LogP contribution is -2.64. The van der Waals surface area contributed by atoms with Gasteiger partial charge in [0, 0.05) is 29.5 Å². The molecule has 2 fully saturated rings. The lowest BCUT2D eigenvalue weighted by atomic mass is 9.51. The summed E-state index contributed by atoms with van der Waals surface area (Å²) in [5, 5.41) is 10.9. The number of benzene rings is 1. The molecule has 31 heavy (non-hydrogen) atoms. The number of hydrogen-bond acceptors (Lipinski definition) is 6. The van der Waals surface area contributed by atoms with Gasteiger partial charge in [0.15, 0.2) is 0 Å². The Morgan fingerprint density at radius 1 is 1.06 bits per heavy atom. The van der Waals surface area contributed by atoms with E-state index in [0.29, 0.717) is 6.42 Å². The number of nitrogens with zero attached hydrogens (tertiary/aromatic N) is 2. The Balaban J connectivity index is 1.77. The molecule has 2 N–H and O–H groups in total. The molecule has 0 radical (unpaired) electrons. The third-order valence-corrected chi connectivity index (χ3v) is 6.55. The number of piperidine rings is 1. The van der Waals surface area contributed by atoms with Gasteiger partial charge in [-0.1, -0.05) is 32.4 Å². The van der Waals surface area contributed by atoms with Gasteiger partial charge in [0.1, 0.15) is 5.02 Å². The summed E-state index contributed by atoms with van der Waals surface area (Å²) in [6, 6.07) is 3.51.